The van der Waals surface area contributed by atoms with Crippen LogP contribution in [0.15, 0.2) is 24.3 Å². The summed E-state index contributed by atoms with van der Waals surface area (Å²) in [5.41, 5.74) is 6.67. The lowest BCUT2D eigenvalue weighted by Crippen LogP contribution is -2.50. The third kappa shape index (κ3) is 2.77. The Kier molecular flexibility index (Phi) is 3.07. The summed E-state index contributed by atoms with van der Waals surface area (Å²) in [6.07, 6.45) is 0. The second-order valence-corrected chi connectivity index (χ2v) is 4.96. The Morgan fingerprint density at radius 2 is 2.24 bits per heavy atom. The molecule has 1 saturated heterocycles. The van der Waals surface area contributed by atoms with Gasteiger partial charge in [-0.05, 0) is 32.0 Å². The Bertz CT molecular complexity index is 429. The molecule has 4 nitrogen and oxygen atoms in total. The number of carbonyl (C=O) groups excluding carboxylic acids is 1. The predicted molar refractivity (Wildman–Crippen MR) is 66.8 cm³/mol. The third-order valence-corrected chi connectivity index (χ3v) is 2.85. The Morgan fingerprint density at radius 3 is 2.88 bits per heavy atom. The largest absolute Gasteiger partial charge is 0.399 e. The molecule has 1 aliphatic rings. The smallest absolute Gasteiger partial charge is 0.254 e. The van der Waals surface area contributed by atoms with Crippen molar-refractivity contribution in [1.82, 2.24) is 4.90 Å². The number of ether oxygens (including phenoxy) is 1. The van der Waals surface area contributed by atoms with Crippen molar-refractivity contribution in [3.8, 4) is 0 Å². The van der Waals surface area contributed by atoms with Crippen LogP contribution in [0.4, 0.5) is 5.69 Å². The zero-order valence-corrected chi connectivity index (χ0v) is 10.3. The lowest BCUT2D eigenvalue weighted by atomic mass is 10.1. The van der Waals surface area contributed by atoms with Crippen molar-refractivity contribution in [2.45, 2.75) is 19.4 Å². The lowest BCUT2D eigenvalue weighted by Gasteiger charge is -2.38. The summed E-state index contributed by atoms with van der Waals surface area (Å²) >= 11 is 0. The van der Waals surface area contributed by atoms with E-state index in [1.54, 1.807) is 24.3 Å². The van der Waals surface area contributed by atoms with E-state index in [-0.39, 0.29) is 11.5 Å². The van der Waals surface area contributed by atoms with Crippen LogP contribution in [0.25, 0.3) is 0 Å². The van der Waals surface area contributed by atoms with Crippen LogP contribution < -0.4 is 5.73 Å². The van der Waals surface area contributed by atoms with E-state index >= 15 is 0 Å². The van der Waals surface area contributed by atoms with Gasteiger partial charge in [0.05, 0.1) is 12.2 Å². The van der Waals surface area contributed by atoms with Crippen molar-refractivity contribution in [2.24, 2.45) is 0 Å². The highest BCUT2D eigenvalue weighted by Gasteiger charge is 2.30. The van der Waals surface area contributed by atoms with Gasteiger partial charge in [-0.25, -0.2) is 0 Å². The van der Waals surface area contributed by atoms with Gasteiger partial charge in [0.15, 0.2) is 0 Å². The SMILES string of the molecule is CC1(C)CN(C(=O)c2cccc(N)c2)CCO1. The van der Waals surface area contributed by atoms with Crippen LogP contribution in [0.2, 0.25) is 0 Å². The number of nitrogens with two attached hydrogens (primary N) is 1. The minimum atomic E-state index is -0.270. The number of rotatable bonds is 1. The Labute approximate surface area is 101 Å². The maximum absolute atomic E-state index is 12.3. The molecule has 0 saturated carbocycles. The highest BCUT2D eigenvalue weighted by molar-refractivity contribution is 5.95. The summed E-state index contributed by atoms with van der Waals surface area (Å²) in [7, 11) is 0. The number of hydrogen-bond acceptors (Lipinski definition) is 3. The molecule has 0 spiro atoms. The molecule has 1 fully saturated rings. The maximum Gasteiger partial charge on any atom is 0.254 e. The van der Waals surface area contributed by atoms with Crippen LogP contribution in [0.1, 0.15) is 24.2 Å². The van der Waals surface area contributed by atoms with E-state index in [0.29, 0.717) is 30.9 Å². The zero-order valence-electron chi connectivity index (χ0n) is 10.3. The van der Waals surface area contributed by atoms with Crippen molar-refractivity contribution < 1.29 is 9.53 Å². The van der Waals surface area contributed by atoms with Crippen molar-refractivity contribution in [2.75, 3.05) is 25.4 Å². The van der Waals surface area contributed by atoms with E-state index in [4.69, 9.17) is 10.5 Å². The second kappa shape index (κ2) is 4.37. The van der Waals surface area contributed by atoms with Crippen molar-refractivity contribution in [3.05, 3.63) is 29.8 Å². The number of nitrogens with zero attached hydrogens (tertiary/aromatic N) is 1. The minimum absolute atomic E-state index is 0.0219. The molecule has 2 N–H and O–H groups in total. The molecular formula is C13H18N2O2. The van der Waals surface area contributed by atoms with Crippen molar-refractivity contribution in [3.63, 3.8) is 0 Å². The van der Waals surface area contributed by atoms with Crippen molar-refractivity contribution in [1.29, 1.82) is 0 Å². The highest BCUT2D eigenvalue weighted by Crippen LogP contribution is 2.19. The van der Waals surface area contributed by atoms with Crippen LogP contribution >= 0.6 is 0 Å². The monoisotopic (exact) mass is 234 g/mol. The fourth-order valence-corrected chi connectivity index (χ4v) is 2.04. The van der Waals surface area contributed by atoms with Gasteiger partial charge in [-0.2, -0.15) is 0 Å². The van der Waals surface area contributed by atoms with E-state index in [9.17, 15) is 4.79 Å². The molecule has 1 aromatic rings. The Morgan fingerprint density at radius 1 is 1.47 bits per heavy atom. The molecule has 0 unspecified atom stereocenters. The van der Waals surface area contributed by atoms with Crippen LogP contribution in [0.3, 0.4) is 0 Å². The molecule has 1 aliphatic heterocycles. The molecule has 4 heteroatoms. The van der Waals surface area contributed by atoms with Gasteiger partial charge in [0.1, 0.15) is 0 Å². The molecule has 0 bridgehead atoms. The van der Waals surface area contributed by atoms with Gasteiger partial charge >= 0.3 is 0 Å². The Hall–Kier alpha value is -1.55. The van der Waals surface area contributed by atoms with Gasteiger partial charge in [-0.15, -0.1) is 0 Å². The standard InChI is InChI=1S/C13H18N2O2/c1-13(2)9-15(6-7-17-13)12(16)10-4-3-5-11(14)8-10/h3-5,8H,6-7,9,14H2,1-2H3. The van der Waals surface area contributed by atoms with Crippen molar-refractivity contribution >= 4 is 11.6 Å². The van der Waals surface area contributed by atoms with Crippen LogP contribution in [-0.2, 0) is 4.74 Å². The molecule has 1 heterocycles. The maximum atomic E-state index is 12.3. The molecular weight excluding hydrogens is 216 g/mol. The van der Waals surface area contributed by atoms with Gasteiger partial charge in [0, 0.05) is 24.3 Å². The number of hydrogen-bond donors (Lipinski definition) is 1. The quantitative estimate of drug-likeness (QED) is 0.749. The number of nitrogen functional groups attached to an aromatic ring is 1. The highest BCUT2D eigenvalue weighted by atomic mass is 16.5. The molecule has 17 heavy (non-hydrogen) atoms. The van der Waals surface area contributed by atoms with Crippen LogP contribution in [0.5, 0.6) is 0 Å². The first kappa shape index (κ1) is 11.9. The lowest BCUT2D eigenvalue weighted by molar-refractivity contribution is -0.0763. The van der Waals surface area contributed by atoms with Gasteiger partial charge in [-0.3, -0.25) is 4.79 Å². The average Bonchev–Trinajstić information content (AvgIpc) is 2.26. The average molecular weight is 234 g/mol. The van der Waals surface area contributed by atoms with Gasteiger partial charge in [0.2, 0.25) is 0 Å². The van der Waals surface area contributed by atoms with Gasteiger partial charge in [-0.1, -0.05) is 6.07 Å². The first-order chi connectivity index (χ1) is 7.98. The van der Waals surface area contributed by atoms with E-state index in [1.165, 1.54) is 0 Å². The summed E-state index contributed by atoms with van der Waals surface area (Å²) in [6.45, 7) is 5.82. The molecule has 2 rings (SSSR count). The molecule has 1 amide bonds. The summed E-state index contributed by atoms with van der Waals surface area (Å²) in [4.78, 5) is 14.1. The third-order valence-electron chi connectivity index (χ3n) is 2.85. The van der Waals surface area contributed by atoms with Gasteiger partial charge in [0.25, 0.3) is 5.91 Å². The molecule has 92 valence electrons. The first-order valence-corrected chi connectivity index (χ1v) is 5.77. The molecule has 0 atom stereocenters. The van der Waals surface area contributed by atoms with E-state index in [0.717, 1.165) is 0 Å². The second-order valence-electron chi connectivity index (χ2n) is 4.96. The fraction of sp³-hybridized carbons (Fsp3) is 0.462. The predicted octanol–water partition coefficient (Wildman–Crippen LogP) is 1.52. The summed E-state index contributed by atoms with van der Waals surface area (Å²) in [5.74, 6) is 0.0219. The normalized spacial score (nSPS) is 19.1. The topological polar surface area (TPSA) is 55.6 Å². The van der Waals surface area contributed by atoms with Crippen LogP contribution in [-0.4, -0.2) is 36.1 Å². The molecule has 0 radical (unpaired) electrons. The Balaban J connectivity index is 2.15. The number of morpholine rings is 1. The zero-order chi connectivity index (χ0) is 12.5. The van der Waals surface area contributed by atoms with Crippen LogP contribution in [0, 0.1) is 0 Å². The molecule has 1 aromatic carbocycles. The fourth-order valence-electron chi connectivity index (χ4n) is 2.04. The van der Waals surface area contributed by atoms with E-state index < -0.39 is 0 Å². The number of carbonyl (C=O) groups is 1. The summed E-state index contributed by atoms with van der Waals surface area (Å²) in [5, 5.41) is 0. The molecule has 0 aliphatic carbocycles. The van der Waals surface area contributed by atoms with Gasteiger partial charge < -0.3 is 15.4 Å². The number of amides is 1. The first-order valence-electron chi connectivity index (χ1n) is 5.77. The van der Waals surface area contributed by atoms with E-state index in [1.807, 2.05) is 18.7 Å². The summed E-state index contributed by atoms with van der Waals surface area (Å²) < 4.78 is 5.59. The molecule has 0 aromatic heterocycles. The minimum Gasteiger partial charge on any atom is -0.399 e. The summed E-state index contributed by atoms with van der Waals surface area (Å²) in [6, 6.07) is 7.08. The number of anilines is 1. The van der Waals surface area contributed by atoms with E-state index in [2.05, 4.69) is 0 Å². The number of benzene rings is 1.